The SMILES string of the molecule is C[C@@H]1CN(C(=O)NCCc2nc3c(s2)COCC3)C[C@H](C)O1. The minimum Gasteiger partial charge on any atom is -0.375 e. The van der Waals surface area contributed by atoms with Gasteiger partial charge in [-0.15, -0.1) is 11.3 Å². The Balaban J connectivity index is 1.46. The molecule has 1 aromatic rings. The molecule has 2 amide bonds. The number of urea groups is 1. The molecule has 7 heteroatoms. The molecule has 0 aromatic carbocycles. The van der Waals surface area contributed by atoms with E-state index in [9.17, 15) is 4.79 Å². The van der Waals surface area contributed by atoms with E-state index in [1.54, 1.807) is 11.3 Å². The van der Waals surface area contributed by atoms with Crippen LogP contribution >= 0.6 is 11.3 Å². The lowest BCUT2D eigenvalue weighted by atomic mass is 10.2. The average molecular weight is 325 g/mol. The second kappa shape index (κ2) is 6.93. The number of carbonyl (C=O) groups excluding carboxylic acids is 1. The van der Waals surface area contributed by atoms with Crippen LogP contribution in [0.1, 0.15) is 29.4 Å². The van der Waals surface area contributed by atoms with Crippen molar-refractivity contribution in [1.82, 2.24) is 15.2 Å². The van der Waals surface area contributed by atoms with Crippen LogP contribution in [0.25, 0.3) is 0 Å². The molecule has 1 saturated heterocycles. The number of carbonyl (C=O) groups is 1. The predicted molar refractivity (Wildman–Crippen MR) is 84.2 cm³/mol. The summed E-state index contributed by atoms with van der Waals surface area (Å²) < 4.78 is 11.1. The quantitative estimate of drug-likeness (QED) is 0.916. The number of fused-ring (bicyclic) bond motifs is 1. The number of aromatic nitrogens is 1. The summed E-state index contributed by atoms with van der Waals surface area (Å²) in [6.07, 6.45) is 1.88. The fraction of sp³-hybridized carbons (Fsp3) is 0.733. The molecule has 2 aliphatic rings. The first kappa shape index (κ1) is 15.7. The minimum absolute atomic E-state index is 0.00773. The van der Waals surface area contributed by atoms with E-state index in [1.807, 2.05) is 18.7 Å². The first-order chi connectivity index (χ1) is 10.6. The van der Waals surface area contributed by atoms with Crippen LogP contribution in [0.2, 0.25) is 0 Å². The van der Waals surface area contributed by atoms with Crippen LogP contribution < -0.4 is 5.32 Å². The Bertz CT molecular complexity index is 501. The van der Waals surface area contributed by atoms with Crippen LogP contribution in [-0.4, -0.2) is 54.4 Å². The highest BCUT2D eigenvalue weighted by molar-refractivity contribution is 7.11. The molecule has 0 aliphatic carbocycles. The molecule has 1 aromatic heterocycles. The number of nitrogens with one attached hydrogen (secondary N) is 1. The van der Waals surface area contributed by atoms with Gasteiger partial charge in [0.15, 0.2) is 0 Å². The van der Waals surface area contributed by atoms with Crippen LogP contribution in [-0.2, 0) is 28.9 Å². The average Bonchev–Trinajstić information content (AvgIpc) is 2.88. The Labute approximate surface area is 134 Å². The molecule has 0 radical (unpaired) electrons. The van der Waals surface area contributed by atoms with E-state index in [4.69, 9.17) is 9.47 Å². The lowest BCUT2D eigenvalue weighted by Crippen LogP contribution is -2.51. The van der Waals surface area contributed by atoms with Gasteiger partial charge < -0.3 is 19.7 Å². The highest BCUT2D eigenvalue weighted by Gasteiger charge is 2.25. The van der Waals surface area contributed by atoms with Gasteiger partial charge in [0.2, 0.25) is 0 Å². The van der Waals surface area contributed by atoms with E-state index in [0.717, 1.165) is 24.5 Å². The first-order valence-corrected chi connectivity index (χ1v) is 8.67. The van der Waals surface area contributed by atoms with Crippen LogP contribution in [0.3, 0.4) is 0 Å². The third-order valence-electron chi connectivity index (χ3n) is 3.86. The number of thiazole rings is 1. The smallest absolute Gasteiger partial charge is 0.317 e. The van der Waals surface area contributed by atoms with Gasteiger partial charge in [0, 0.05) is 32.5 Å². The second-order valence-electron chi connectivity index (χ2n) is 5.92. The van der Waals surface area contributed by atoms with E-state index in [-0.39, 0.29) is 18.2 Å². The van der Waals surface area contributed by atoms with Crippen molar-refractivity contribution in [1.29, 1.82) is 0 Å². The van der Waals surface area contributed by atoms with Gasteiger partial charge in [0.25, 0.3) is 0 Å². The van der Waals surface area contributed by atoms with Crippen molar-refractivity contribution < 1.29 is 14.3 Å². The first-order valence-electron chi connectivity index (χ1n) is 7.85. The van der Waals surface area contributed by atoms with Gasteiger partial charge in [-0.25, -0.2) is 9.78 Å². The number of ether oxygens (including phenoxy) is 2. The van der Waals surface area contributed by atoms with E-state index < -0.39 is 0 Å². The fourth-order valence-corrected chi connectivity index (χ4v) is 3.97. The van der Waals surface area contributed by atoms with Gasteiger partial charge in [-0.3, -0.25) is 0 Å². The lowest BCUT2D eigenvalue weighted by Gasteiger charge is -2.35. The Kier molecular flexibility index (Phi) is 4.95. The predicted octanol–water partition coefficient (Wildman–Crippen LogP) is 1.58. The van der Waals surface area contributed by atoms with Crippen LogP contribution in [0.15, 0.2) is 0 Å². The summed E-state index contributed by atoms with van der Waals surface area (Å²) in [6.45, 7) is 7.36. The number of nitrogens with zero attached hydrogens (tertiary/aromatic N) is 2. The number of morpholine rings is 1. The van der Waals surface area contributed by atoms with Crippen LogP contribution in [0.4, 0.5) is 4.79 Å². The monoisotopic (exact) mass is 325 g/mol. The number of hydrogen-bond donors (Lipinski definition) is 1. The Hall–Kier alpha value is -1.18. The van der Waals surface area contributed by atoms with Crippen molar-refractivity contribution in [2.75, 3.05) is 26.2 Å². The van der Waals surface area contributed by atoms with Gasteiger partial charge in [-0.2, -0.15) is 0 Å². The van der Waals surface area contributed by atoms with Crippen molar-refractivity contribution in [2.24, 2.45) is 0 Å². The summed E-state index contributed by atoms with van der Waals surface area (Å²) in [5.41, 5.74) is 1.17. The number of hydrogen-bond acceptors (Lipinski definition) is 5. The van der Waals surface area contributed by atoms with Crippen molar-refractivity contribution in [3.63, 3.8) is 0 Å². The zero-order valence-corrected chi connectivity index (χ0v) is 13.9. The summed E-state index contributed by atoms with van der Waals surface area (Å²) in [4.78, 5) is 19.9. The van der Waals surface area contributed by atoms with Gasteiger partial charge in [0.1, 0.15) is 0 Å². The van der Waals surface area contributed by atoms with E-state index in [2.05, 4.69) is 10.3 Å². The molecule has 0 unspecified atom stereocenters. The summed E-state index contributed by atoms with van der Waals surface area (Å²) in [5, 5.41) is 4.07. The molecule has 1 N–H and O–H groups in total. The minimum atomic E-state index is -0.00773. The molecular weight excluding hydrogens is 302 g/mol. The maximum atomic E-state index is 12.2. The van der Waals surface area contributed by atoms with E-state index in [1.165, 1.54) is 10.6 Å². The summed E-state index contributed by atoms with van der Waals surface area (Å²) in [6, 6.07) is -0.00773. The molecule has 122 valence electrons. The normalized spacial score (nSPS) is 24.9. The second-order valence-corrected chi connectivity index (χ2v) is 7.09. The maximum Gasteiger partial charge on any atom is 0.317 e. The molecule has 0 bridgehead atoms. The number of rotatable bonds is 3. The van der Waals surface area contributed by atoms with Crippen LogP contribution in [0, 0.1) is 0 Å². The summed E-state index contributed by atoms with van der Waals surface area (Å²) >= 11 is 1.70. The van der Waals surface area contributed by atoms with Gasteiger partial charge in [0.05, 0.1) is 41.0 Å². The van der Waals surface area contributed by atoms with Gasteiger partial charge in [-0.05, 0) is 13.8 Å². The summed E-state index contributed by atoms with van der Waals surface area (Å²) in [7, 11) is 0. The van der Waals surface area contributed by atoms with E-state index >= 15 is 0 Å². The fourth-order valence-electron chi connectivity index (χ4n) is 2.92. The van der Waals surface area contributed by atoms with Gasteiger partial charge in [-0.1, -0.05) is 0 Å². The van der Waals surface area contributed by atoms with Crippen molar-refractivity contribution in [2.45, 2.75) is 45.5 Å². The topological polar surface area (TPSA) is 63.7 Å². The molecular formula is C15H23N3O3S. The molecule has 0 saturated carbocycles. The highest BCUT2D eigenvalue weighted by atomic mass is 32.1. The Morgan fingerprint density at radius 3 is 2.91 bits per heavy atom. The summed E-state index contributed by atoms with van der Waals surface area (Å²) in [5.74, 6) is 0. The lowest BCUT2D eigenvalue weighted by molar-refractivity contribution is -0.0544. The zero-order valence-electron chi connectivity index (χ0n) is 13.1. The van der Waals surface area contributed by atoms with Crippen molar-refractivity contribution in [3.05, 3.63) is 15.6 Å². The molecule has 2 atom stereocenters. The van der Waals surface area contributed by atoms with Crippen LogP contribution in [0.5, 0.6) is 0 Å². The maximum absolute atomic E-state index is 12.2. The Morgan fingerprint density at radius 1 is 1.41 bits per heavy atom. The van der Waals surface area contributed by atoms with E-state index in [0.29, 0.717) is 26.2 Å². The largest absolute Gasteiger partial charge is 0.375 e. The zero-order chi connectivity index (χ0) is 15.5. The van der Waals surface area contributed by atoms with Gasteiger partial charge >= 0.3 is 6.03 Å². The molecule has 3 heterocycles. The standard InChI is InChI=1S/C15H23N3O3S/c1-10-7-18(8-11(2)21-10)15(19)16-5-3-14-17-12-4-6-20-9-13(12)22-14/h10-11H,3-9H2,1-2H3,(H,16,19)/t10-,11+. The Morgan fingerprint density at radius 2 is 2.18 bits per heavy atom. The van der Waals surface area contributed by atoms with Crippen molar-refractivity contribution >= 4 is 17.4 Å². The molecule has 6 nitrogen and oxygen atoms in total. The molecule has 2 aliphatic heterocycles. The third-order valence-corrected chi connectivity index (χ3v) is 4.99. The molecule has 3 rings (SSSR count). The molecule has 22 heavy (non-hydrogen) atoms. The highest BCUT2D eigenvalue weighted by Crippen LogP contribution is 2.23. The molecule has 0 spiro atoms. The third kappa shape index (κ3) is 3.77. The van der Waals surface area contributed by atoms with Crippen molar-refractivity contribution in [3.8, 4) is 0 Å². The molecule has 1 fully saturated rings. The number of amides is 2.